The molecule has 0 amide bonds. The molecule has 0 heterocycles. The molecule has 21 heavy (non-hydrogen) atoms. The summed E-state index contributed by atoms with van der Waals surface area (Å²) in [6.07, 6.45) is 1.97. The van der Waals surface area contributed by atoms with Crippen molar-refractivity contribution in [2.24, 2.45) is 5.84 Å². The van der Waals surface area contributed by atoms with Gasteiger partial charge in [-0.25, -0.2) is 0 Å². The van der Waals surface area contributed by atoms with Crippen molar-refractivity contribution in [1.29, 1.82) is 0 Å². The molecule has 0 bridgehead atoms. The summed E-state index contributed by atoms with van der Waals surface area (Å²) < 4.78 is 5.48. The molecule has 0 fully saturated rings. The highest BCUT2D eigenvalue weighted by atomic mass is 16.5. The van der Waals surface area contributed by atoms with Crippen LogP contribution in [0, 0.1) is 6.92 Å². The number of hydrazine groups is 1. The van der Waals surface area contributed by atoms with Crippen molar-refractivity contribution in [3.63, 3.8) is 0 Å². The monoisotopic (exact) mass is 282 g/mol. The Kier molecular flexibility index (Phi) is 3.95. The van der Waals surface area contributed by atoms with Crippen LogP contribution in [0.15, 0.2) is 42.5 Å². The minimum absolute atomic E-state index is 0.232. The van der Waals surface area contributed by atoms with Gasteiger partial charge in [0, 0.05) is 12.0 Å². The maximum Gasteiger partial charge on any atom is 0.122 e. The summed E-state index contributed by atoms with van der Waals surface area (Å²) in [6, 6.07) is 15.1. The third-order valence-electron chi connectivity index (χ3n) is 4.47. The van der Waals surface area contributed by atoms with Gasteiger partial charge in [0.05, 0.1) is 7.11 Å². The van der Waals surface area contributed by atoms with E-state index in [4.69, 9.17) is 10.6 Å². The van der Waals surface area contributed by atoms with Crippen molar-refractivity contribution in [3.8, 4) is 5.75 Å². The second-order valence-electron chi connectivity index (χ2n) is 5.80. The lowest BCUT2D eigenvalue weighted by molar-refractivity contribution is 0.383. The van der Waals surface area contributed by atoms with E-state index in [1.807, 2.05) is 6.07 Å². The molecule has 3 heteroatoms. The predicted octanol–water partition coefficient (Wildman–Crippen LogP) is 2.72. The number of benzene rings is 2. The van der Waals surface area contributed by atoms with E-state index in [9.17, 15) is 0 Å². The van der Waals surface area contributed by atoms with E-state index >= 15 is 0 Å². The average Bonchev–Trinajstić information content (AvgIpc) is 2.47. The molecule has 0 saturated heterocycles. The number of methoxy groups -OCH3 is 1. The zero-order chi connectivity index (χ0) is 14.8. The summed E-state index contributed by atoms with van der Waals surface area (Å²) in [7, 11) is 1.72. The lowest BCUT2D eigenvalue weighted by Gasteiger charge is -2.36. The molecule has 1 aliphatic rings. The fourth-order valence-electron chi connectivity index (χ4n) is 3.28. The van der Waals surface area contributed by atoms with Crippen LogP contribution in [0.4, 0.5) is 0 Å². The van der Waals surface area contributed by atoms with Gasteiger partial charge in [-0.1, -0.05) is 42.0 Å². The van der Waals surface area contributed by atoms with E-state index in [0.717, 1.165) is 18.6 Å². The molecule has 2 aromatic rings. The van der Waals surface area contributed by atoms with Gasteiger partial charge in [0.1, 0.15) is 5.75 Å². The molecule has 2 atom stereocenters. The topological polar surface area (TPSA) is 47.3 Å². The quantitative estimate of drug-likeness (QED) is 0.655. The molecule has 1 aliphatic carbocycles. The van der Waals surface area contributed by atoms with Crippen LogP contribution in [-0.4, -0.2) is 13.2 Å². The Morgan fingerprint density at radius 3 is 2.81 bits per heavy atom. The molecule has 2 unspecified atom stereocenters. The van der Waals surface area contributed by atoms with Crippen molar-refractivity contribution in [3.05, 3.63) is 64.7 Å². The van der Waals surface area contributed by atoms with Crippen LogP contribution in [0.1, 0.15) is 28.2 Å². The van der Waals surface area contributed by atoms with Gasteiger partial charge in [0.25, 0.3) is 0 Å². The van der Waals surface area contributed by atoms with Crippen LogP contribution in [0.3, 0.4) is 0 Å². The average molecular weight is 282 g/mol. The van der Waals surface area contributed by atoms with Crippen LogP contribution in [0.5, 0.6) is 5.75 Å². The first-order valence-electron chi connectivity index (χ1n) is 7.40. The maximum atomic E-state index is 5.83. The Bertz CT molecular complexity index is 639. The van der Waals surface area contributed by atoms with E-state index in [0.29, 0.717) is 5.92 Å². The highest BCUT2D eigenvalue weighted by Crippen LogP contribution is 2.38. The SMILES string of the molecule is COc1ccc(C)cc1CC(NN)C1Cc2ccccc21. The molecule has 3 rings (SSSR count). The summed E-state index contributed by atoms with van der Waals surface area (Å²) >= 11 is 0. The second kappa shape index (κ2) is 5.88. The summed E-state index contributed by atoms with van der Waals surface area (Å²) in [6.45, 7) is 2.10. The Labute approximate surface area is 126 Å². The number of nitrogens with one attached hydrogen (secondary N) is 1. The van der Waals surface area contributed by atoms with Crippen LogP contribution < -0.4 is 16.0 Å². The number of fused-ring (bicyclic) bond motifs is 1. The van der Waals surface area contributed by atoms with Gasteiger partial charge in [-0.3, -0.25) is 11.3 Å². The summed E-state index contributed by atoms with van der Waals surface area (Å²) in [4.78, 5) is 0. The molecule has 0 aromatic heterocycles. The van der Waals surface area contributed by atoms with E-state index in [-0.39, 0.29) is 6.04 Å². The highest BCUT2D eigenvalue weighted by molar-refractivity contribution is 5.43. The van der Waals surface area contributed by atoms with Gasteiger partial charge in [0.15, 0.2) is 0 Å². The first kappa shape index (κ1) is 14.1. The molecule has 2 aromatic carbocycles. The number of rotatable bonds is 5. The first-order chi connectivity index (χ1) is 10.2. The van der Waals surface area contributed by atoms with Gasteiger partial charge in [-0.05, 0) is 42.5 Å². The zero-order valence-corrected chi connectivity index (χ0v) is 12.6. The van der Waals surface area contributed by atoms with Crippen molar-refractivity contribution in [2.45, 2.75) is 31.7 Å². The molecule has 0 radical (unpaired) electrons. The van der Waals surface area contributed by atoms with E-state index < -0.39 is 0 Å². The largest absolute Gasteiger partial charge is 0.496 e. The summed E-state index contributed by atoms with van der Waals surface area (Å²) in [5.74, 6) is 7.25. The lowest BCUT2D eigenvalue weighted by Crippen LogP contribution is -2.45. The number of ether oxygens (including phenoxy) is 1. The first-order valence-corrected chi connectivity index (χ1v) is 7.40. The molecular weight excluding hydrogens is 260 g/mol. The predicted molar refractivity (Wildman–Crippen MR) is 85.4 cm³/mol. The van der Waals surface area contributed by atoms with Crippen LogP contribution in [0.2, 0.25) is 0 Å². The van der Waals surface area contributed by atoms with Gasteiger partial charge in [-0.15, -0.1) is 0 Å². The Morgan fingerprint density at radius 1 is 1.29 bits per heavy atom. The fourth-order valence-corrected chi connectivity index (χ4v) is 3.28. The van der Waals surface area contributed by atoms with Gasteiger partial charge >= 0.3 is 0 Å². The molecular formula is C18H22N2O. The minimum Gasteiger partial charge on any atom is -0.496 e. The van der Waals surface area contributed by atoms with Gasteiger partial charge in [0.2, 0.25) is 0 Å². The minimum atomic E-state index is 0.232. The lowest BCUT2D eigenvalue weighted by atomic mass is 9.72. The van der Waals surface area contributed by atoms with Crippen LogP contribution >= 0.6 is 0 Å². The standard InChI is InChI=1S/C18H22N2O/c1-12-7-8-18(21-2)14(9-12)11-17(20-19)16-10-13-5-3-4-6-15(13)16/h3-9,16-17,20H,10-11,19H2,1-2H3. The molecule has 110 valence electrons. The van der Waals surface area contributed by atoms with Gasteiger partial charge < -0.3 is 4.74 Å². The maximum absolute atomic E-state index is 5.83. The third kappa shape index (κ3) is 2.67. The Hall–Kier alpha value is -1.84. The Balaban J connectivity index is 1.82. The normalized spacial score (nSPS) is 17.8. The van der Waals surface area contributed by atoms with E-state index in [1.54, 1.807) is 7.11 Å². The third-order valence-corrected chi connectivity index (χ3v) is 4.47. The van der Waals surface area contributed by atoms with Crippen molar-refractivity contribution in [1.82, 2.24) is 5.43 Å². The molecule has 0 aliphatic heterocycles. The summed E-state index contributed by atoms with van der Waals surface area (Å²) in [5, 5.41) is 0. The molecule has 0 spiro atoms. The number of nitrogens with two attached hydrogens (primary N) is 1. The van der Waals surface area contributed by atoms with E-state index in [2.05, 4.69) is 48.7 Å². The fraction of sp³-hybridized carbons (Fsp3) is 0.333. The smallest absolute Gasteiger partial charge is 0.122 e. The highest BCUT2D eigenvalue weighted by Gasteiger charge is 2.32. The molecule has 3 nitrogen and oxygen atoms in total. The van der Waals surface area contributed by atoms with E-state index in [1.165, 1.54) is 22.3 Å². The van der Waals surface area contributed by atoms with Crippen LogP contribution in [-0.2, 0) is 12.8 Å². The number of aryl methyl sites for hydroxylation is 1. The van der Waals surface area contributed by atoms with Crippen molar-refractivity contribution in [2.75, 3.05) is 7.11 Å². The number of hydrogen-bond donors (Lipinski definition) is 2. The number of hydrogen-bond acceptors (Lipinski definition) is 3. The Morgan fingerprint density at radius 2 is 2.10 bits per heavy atom. The molecule has 3 N–H and O–H groups in total. The molecule has 0 saturated carbocycles. The van der Waals surface area contributed by atoms with Gasteiger partial charge in [-0.2, -0.15) is 0 Å². The zero-order valence-electron chi connectivity index (χ0n) is 12.6. The van der Waals surface area contributed by atoms with Crippen LogP contribution in [0.25, 0.3) is 0 Å². The van der Waals surface area contributed by atoms with Crippen molar-refractivity contribution >= 4 is 0 Å². The summed E-state index contributed by atoms with van der Waals surface area (Å²) in [5.41, 5.74) is 8.33. The second-order valence-corrected chi connectivity index (χ2v) is 5.80. The van der Waals surface area contributed by atoms with Crippen molar-refractivity contribution < 1.29 is 4.74 Å².